The molecular weight excluding hydrogens is 398 g/mol. The van der Waals surface area contributed by atoms with Crippen molar-refractivity contribution in [2.45, 2.75) is 44.9 Å². The summed E-state index contributed by atoms with van der Waals surface area (Å²) in [7, 11) is 5.34. The summed E-state index contributed by atoms with van der Waals surface area (Å²) >= 11 is 0. The number of unbranched alkanes of at least 4 members (excludes halogenated alkanes) is 1. The molecule has 0 unspecified atom stereocenters. The third-order valence-electron chi connectivity index (χ3n) is 3.33. The molecule has 0 amide bonds. The van der Waals surface area contributed by atoms with Crippen LogP contribution in [0.2, 0.25) is 0 Å². The van der Waals surface area contributed by atoms with Gasteiger partial charge in [-0.25, -0.2) is 0 Å². The van der Waals surface area contributed by atoms with Crippen molar-refractivity contribution >= 4 is 23.9 Å². The van der Waals surface area contributed by atoms with E-state index in [0.717, 1.165) is 13.1 Å². The van der Waals surface area contributed by atoms with E-state index in [2.05, 4.69) is 24.3 Å². The van der Waals surface area contributed by atoms with Crippen LogP contribution < -0.4 is 16.8 Å². The Morgan fingerprint density at radius 2 is 0.833 bits per heavy atom. The van der Waals surface area contributed by atoms with E-state index in [0.29, 0.717) is 45.2 Å². The Morgan fingerprint density at radius 1 is 0.567 bits per heavy atom. The van der Waals surface area contributed by atoms with E-state index < -0.39 is 0 Å². The van der Waals surface area contributed by atoms with Crippen LogP contribution >= 0.6 is 0 Å². The Labute approximate surface area is 179 Å². The molecule has 178 valence electrons. The van der Waals surface area contributed by atoms with Crippen molar-refractivity contribution in [3.63, 3.8) is 0 Å². The fraction of sp³-hybridized carbons (Fsp3) is 0.789. The lowest BCUT2D eigenvalue weighted by molar-refractivity contribution is -0.143. The van der Waals surface area contributed by atoms with Gasteiger partial charge in [0.1, 0.15) is 0 Å². The SMILES string of the molecule is COC(=O)CCCC(=O)OC.COC(=O)CCCCC(=O)OC.NCCNCCN. The highest BCUT2D eigenvalue weighted by molar-refractivity contribution is 5.72. The van der Waals surface area contributed by atoms with Crippen LogP contribution in [0, 0.1) is 0 Å². The predicted octanol–water partition coefficient (Wildman–Crippen LogP) is -0.111. The van der Waals surface area contributed by atoms with E-state index in [1.54, 1.807) is 0 Å². The number of hydrogen-bond acceptors (Lipinski definition) is 11. The summed E-state index contributed by atoms with van der Waals surface area (Å²) in [6, 6.07) is 0. The number of methoxy groups -OCH3 is 4. The Balaban J connectivity index is -0.000000378. The van der Waals surface area contributed by atoms with Crippen molar-refractivity contribution in [2.75, 3.05) is 54.6 Å². The molecule has 0 saturated heterocycles. The minimum atomic E-state index is -0.297. The number of rotatable bonds is 13. The maximum atomic E-state index is 10.6. The Bertz CT molecular complexity index is 409. The lowest BCUT2D eigenvalue weighted by Gasteiger charge is -1.98. The van der Waals surface area contributed by atoms with Crippen molar-refractivity contribution in [1.29, 1.82) is 0 Å². The third-order valence-corrected chi connectivity index (χ3v) is 3.33. The number of carbonyl (C=O) groups is 4. The molecule has 0 aliphatic carbocycles. The quantitative estimate of drug-likeness (QED) is 0.199. The van der Waals surface area contributed by atoms with Crippen LogP contribution in [-0.4, -0.2) is 78.5 Å². The number of nitrogens with one attached hydrogen (secondary N) is 1. The second kappa shape index (κ2) is 26.8. The molecule has 0 aromatic rings. The highest BCUT2D eigenvalue weighted by Crippen LogP contribution is 2.01. The first kappa shape index (κ1) is 32.4. The van der Waals surface area contributed by atoms with Crippen LogP contribution in [-0.2, 0) is 38.1 Å². The number of hydrogen-bond donors (Lipinski definition) is 3. The number of nitrogens with two attached hydrogens (primary N) is 2. The Kier molecular flexibility index (Phi) is 28.9. The first-order valence-electron chi connectivity index (χ1n) is 9.70. The summed E-state index contributed by atoms with van der Waals surface area (Å²) in [5, 5.41) is 3.03. The van der Waals surface area contributed by atoms with Gasteiger partial charge in [0.2, 0.25) is 0 Å². The fourth-order valence-corrected chi connectivity index (χ4v) is 1.65. The van der Waals surface area contributed by atoms with Gasteiger partial charge in [-0.15, -0.1) is 0 Å². The molecule has 5 N–H and O–H groups in total. The normalized spacial score (nSPS) is 9.13. The van der Waals surface area contributed by atoms with Gasteiger partial charge < -0.3 is 35.7 Å². The second-order valence-corrected chi connectivity index (χ2v) is 5.69. The molecule has 0 heterocycles. The molecule has 0 fully saturated rings. The van der Waals surface area contributed by atoms with Crippen molar-refractivity contribution in [3.05, 3.63) is 0 Å². The van der Waals surface area contributed by atoms with E-state index >= 15 is 0 Å². The second-order valence-electron chi connectivity index (χ2n) is 5.69. The molecule has 0 rings (SSSR count). The number of ether oxygens (including phenoxy) is 4. The zero-order valence-corrected chi connectivity index (χ0v) is 18.7. The summed E-state index contributed by atoms with van der Waals surface area (Å²) in [4.78, 5) is 42.2. The summed E-state index contributed by atoms with van der Waals surface area (Å²) < 4.78 is 17.6. The van der Waals surface area contributed by atoms with E-state index in [4.69, 9.17) is 11.5 Å². The molecular formula is C19H39N3O8. The van der Waals surface area contributed by atoms with Gasteiger partial charge in [0.15, 0.2) is 0 Å². The van der Waals surface area contributed by atoms with Gasteiger partial charge in [-0.2, -0.15) is 0 Å². The van der Waals surface area contributed by atoms with Crippen LogP contribution in [0.25, 0.3) is 0 Å². The van der Waals surface area contributed by atoms with Gasteiger partial charge >= 0.3 is 23.9 Å². The minimum absolute atomic E-state index is 0.236. The highest BCUT2D eigenvalue weighted by Gasteiger charge is 2.04. The smallest absolute Gasteiger partial charge is 0.305 e. The number of esters is 4. The molecule has 0 saturated carbocycles. The maximum Gasteiger partial charge on any atom is 0.305 e. The molecule has 0 aliphatic heterocycles. The number of carbonyl (C=O) groups excluding carboxylic acids is 4. The summed E-state index contributed by atoms with van der Waals surface area (Å²) in [6.07, 6.45) is 3.10. The van der Waals surface area contributed by atoms with E-state index in [1.165, 1.54) is 28.4 Å². The van der Waals surface area contributed by atoms with Gasteiger partial charge in [-0.05, 0) is 19.3 Å². The molecule has 11 nitrogen and oxygen atoms in total. The van der Waals surface area contributed by atoms with Crippen LogP contribution in [0.5, 0.6) is 0 Å². The van der Waals surface area contributed by atoms with E-state index in [1.807, 2.05) is 0 Å². The first-order valence-corrected chi connectivity index (χ1v) is 9.70. The lowest BCUT2D eigenvalue weighted by Crippen LogP contribution is -2.27. The molecule has 0 spiro atoms. The molecule has 30 heavy (non-hydrogen) atoms. The summed E-state index contributed by atoms with van der Waals surface area (Å²) in [5.74, 6) is -1.07. The molecule has 0 aromatic carbocycles. The molecule has 11 heteroatoms. The molecule has 0 radical (unpaired) electrons. The van der Waals surface area contributed by atoms with Gasteiger partial charge in [0.25, 0.3) is 0 Å². The lowest BCUT2D eigenvalue weighted by atomic mass is 10.2. The maximum absolute atomic E-state index is 10.6. The van der Waals surface area contributed by atoms with Crippen LogP contribution in [0.1, 0.15) is 44.9 Å². The van der Waals surface area contributed by atoms with Crippen molar-refractivity contribution < 1.29 is 38.1 Å². The third kappa shape index (κ3) is 30.5. The van der Waals surface area contributed by atoms with Crippen LogP contribution in [0.3, 0.4) is 0 Å². The summed E-state index contributed by atoms with van der Waals surface area (Å²) in [6.45, 7) is 3.13. The van der Waals surface area contributed by atoms with Crippen LogP contribution in [0.4, 0.5) is 0 Å². The minimum Gasteiger partial charge on any atom is -0.469 e. The predicted molar refractivity (Wildman–Crippen MR) is 111 cm³/mol. The highest BCUT2D eigenvalue weighted by atomic mass is 16.5. The average molecular weight is 438 g/mol. The van der Waals surface area contributed by atoms with Crippen molar-refractivity contribution in [2.24, 2.45) is 11.5 Å². The molecule has 0 aromatic heterocycles. The topological polar surface area (TPSA) is 169 Å². The zero-order valence-electron chi connectivity index (χ0n) is 18.7. The molecule has 0 bridgehead atoms. The molecule has 0 aliphatic rings. The average Bonchev–Trinajstić information content (AvgIpc) is 2.77. The van der Waals surface area contributed by atoms with Gasteiger partial charge in [-0.1, -0.05) is 0 Å². The zero-order chi connectivity index (χ0) is 23.6. The van der Waals surface area contributed by atoms with E-state index in [9.17, 15) is 19.2 Å². The van der Waals surface area contributed by atoms with Gasteiger partial charge in [0.05, 0.1) is 28.4 Å². The molecule has 0 atom stereocenters. The van der Waals surface area contributed by atoms with Crippen LogP contribution in [0.15, 0.2) is 0 Å². The Hall–Kier alpha value is -2.24. The standard InChI is InChI=1S/C8H14O4.C7H12O4.C4H13N3/c1-11-7(9)5-3-4-6-8(10)12-2;1-10-6(8)4-3-5-7(9)11-2;5-1-3-7-4-2-6/h3-6H2,1-2H3;3-5H2,1-2H3;7H,1-6H2. The van der Waals surface area contributed by atoms with Crippen molar-refractivity contribution in [3.8, 4) is 0 Å². The Morgan fingerprint density at radius 3 is 1.07 bits per heavy atom. The summed E-state index contributed by atoms with van der Waals surface area (Å²) in [5.41, 5.74) is 10.3. The first-order chi connectivity index (χ1) is 14.3. The largest absolute Gasteiger partial charge is 0.469 e. The van der Waals surface area contributed by atoms with Gasteiger partial charge in [0, 0.05) is 51.9 Å². The monoisotopic (exact) mass is 437 g/mol. The van der Waals surface area contributed by atoms with E-state index in [-0.39, 0.29) is 36.7 Å². The van der Waals surface area contributed by atoms with Gasteiger partial charge in [-0.3, -0.25) is 19.2 Å². The fourth-order valence-electron chi connectivity index (χ4n) is 1.65. The van der Waals surface area contributed by atoms with Crippen molar-refractivity contribution in [1.82, 2.24) is 5.32 Å².